The molecule has 2 atom stereocenters. The molecule has 0 heterocycles. The van der Waals surface area contributed by atoms with Gasteiger partial charge in [-0.1, -0.05) is 26.0 Å². The van der Waals surface area contributed by atoms with Crippen LogP contribution in [0, 0.1) is 0 Å². The molecule has 2 N–H and O–H groups in total. The van der Waals surface area contributed by atoms with Crippen molar-refractivity contribution >= 4 is 11.8 Å². The minimum atomic E-state index is 0.230. The zero-order valence-electron chi connectivity index (χ0n) is 12.1. The van der Waals surface area contributed by atoms with Gasteiger partial charge < -0.3 is 15.2 Å². The van der Waals surface area contributed by atoms with Crippen molar-refractivity contribution in [3.05, 3.63) is 29.8 Å². The monoisotopic (exact) mass is 283 g/mol. The standard InChI is InChI=1S/C15H25NO2S/c1-4-9-16-15(11-19-12(2)10-17)13-5-7-14(18-3)8-6-13/h5-8,12,15-17H,4,9-11H2,1-3H3. The van der Waals surface area contributed by atoms with Crippen molar-refractivity contribution in [2.75, 3.05) is 26.0 Å². The van der Waals surface area contributed by atoms with Gasteiger partial charge in [0.1, 0.15) is 5.75 Å². The smallest absolute Gasteiger partial charge is 0.118 e. The molecular formula is C15H25NO2S. The highest BCUT2D eigenvalue weighted by Crippen LogP contribution is 2.23. The second kappa shape index (κ2) is 9.23. The Morgan fingerprint density at radius 2 is 2.00 bits per heavy atom. The normalized spacial score (nSPS) is 14.1. The lowest BCUT2D eigenvalue weighted by molar-refractivity contribution is 0.300. The zero-order chi connectivity index (χ0) is 14.1. The van der Waals surface area contributed by atoms with Crippen LogP contribution in [-0.4, -0.2) is 36.4 Å². The lowest BCUT2D eigenvalue weighted by Gasteiger charge is -2.20. The molecule has 0 bridgehead atoms. The average Bonchev–Trinajstić information content (AvgIpc) is 2.47. The quantitative estimate of drug-likeness (QED) is 0.731. The first kappa shape index (κ1) is 16.3. The van der Waals surface area contributed by atoms with E-state index >= 15 is 0 Å². The summed E-state index contributed by atoms with van der Waals surface area (Å²) in [6.45, 7) is 5.45. The van der Waals surface area contributed by atoms with Crippen LogP contribution >= 0.6 is 11.8 Å². The summed E-state index contributed by atoms with van der Waals surface area (Å²) >= 11 is 1.80. The van der Waals surface area contributed by atoms with Crippen LogP contribution in [0.5, 0.6) is 5.75 Å². The molecule has 2 unspecified atom stereocenters. The molecular weight excluding hydrogens is 258 g/mol. The van der Waals surface area contributed by atoms with Crippen LogP contribution in [0.25, 0.3) is 0 Å². The molecule has 1 aromatic rings. The van der Waals surface area contributed by atoms with Gasteiger partial charge in [0, 0.05) is 17.0 Å². The van der Waals surface area contributed by atoms with E-state index in [0.717, 1.165) is 24.5 Å². The fourth-order valence-corrected chi connectivity index (χ4v) is 2.68. The zero-order valence-corrected chi connectivity index (χ0v) is 12.9. The topological polar surface area (TPSA) is 41.5 Å². The number of aliphatic hydroxyl groups excluding tert-OH is 1. The van der Waals surface area contributed by atoms with Gasteiger partial charge in [0.05, 0.1) is 13.7 Å². The molecule has 0 aliphatic heterocycles. The second-order valence-corrected chi connectivity index (χ2v) is 6.08. The maximum atomic E-state index is 9.10. The van der Waals surface area contributed by atoms with E-state index < -0.39 is 0 Å². The first-order chi connectivity index (χ1) is 9.21. The molecule has 0 fully saturated rings. The molecule has 0 radical (unpaired) electrons. The van der Waals surface area contributed by atoms with E-state index in [2.05, 4.69) is 31.3 Å². The van der Waals surface area contributed by atoms with Gasteiger partial charge in [-0.05, 0) is 30.7 Å². The van der Waals surface area contributed by atoms with Crippen molar-refractivity contribution in [2.24, 2.45) is 0 Å². The van der Waals surface area contributed by atoms with Crippen molar-refractivity contribution in [3.8, 4) is 5.75 Å². The number of thioether (sulfide) groups is 1. The number of benzene rings is 1. The Kier molecular flexibility index (Phi) is 7.94. The minimum absolute atomic E-state index is 0.230. The van der Waals surface area contributed by atoms with Crippen molar-refractivity contribution < 1.29 is 9.84 Å². The summed E-state index contributed by atoms with van der Waals surface area (Å²) in [5, 5.41) is 12.9. The Labute approximate surface area is 120 Å². The molecule has 0 aromatic heterocycles. The summed E-state index contributed by atoms with van der Waals surface area (Å²) in [5.41, 5.74) is 1.27. The third-order valence-electron chi connectivity index (χ3n) is 2.96. The molecule has 0 saturated carbocycles. The molecule has 0 aliphatic carbocycles. The number of nitrogens with one attached hydrogen (secondary N) is 1. The van der Waals surface area contributed by atoms with Gasteiger partial charge >= 0.3 is 0 Å². The molecule has 19 heavy (non-hydrogen) atoms. The van der Waals surface area contributed by atoms with E-state index in [1.807, 2.05) is 12.1 Å². The van der Waals surface area contributed by atoms with Crippen molar-refractivity contribution in [3.63, 3.8) is 0 Å². The third kappa shape index (κ3) is 5.85. The van der Waals surface area contributed by atoms with Gasteiger partial charge in [-0.3, -0.25) is 0 Å². The largest absolute Gasteiger partial charge is 0.497 e. The highest BCUT2D eigenvalue weighted by Gasteiger charge is 2.12. The average molecular weight is 283 g/mol. The minimum Gasteiger partial charge on any atom is -0.497 e. The summed E-state index contributed by atoms with van der Waals surface area (Å²) in [7, 11) is 1.68. The van der Waals surface area contributed by atoms with Crippen molar-refractivity contribution in [1.82, 2.24) is 5.32 Å². The van der Waals surface area contributed by atoms with Crippen LogP contribution in [-0.2, 0) is 0 Å². The van der Waals surface area contributed by atoms with E-state index in [9.17, 15) is 0 Å². The molecule has 0 spiro atoms. The second-order valence-electron chi connectivity index (χ2n) is 4.61. The van der Waals surface area contributed by atoms with Gasteiger partial charge in [0.15, 0.2) is 0 Å². The van der Waals surface area contributed by atoms with Gasteiger partial charge in [-0.25, -0.2) is 0 Å². The maximum Gasteiger partial charge on any atom is 0.118 e. The highest BCUT2D eigenvalue weighted by molar-refractivity contribution is 7.99. The van der Waals surface area contributed by atoms with E-state index in [1.165, 1.54) is 5.56 Å². The van der Waals surface area contributed by atoms with Gasteiger partial charge in [-0.2, -0.15) is 11.8 Å². The summed E-state index contributed by atoms with van der Waals surface area (Å²) in [6, 6.07) is 8.53. The summed E-state index contributed by atoms with van der Waals surface area (Å²) in [5.74, 6) is 1.85. The molecule has 3 nitrogen and oxygen atoms in total. The fraction of sp³-hybridized carbons (Fsp3) is 0.600. The van der Waals surface area contributed by atoms with E-state index in [0.29, 0.717) is 6.04 Å². The molecule has 0 aliphatic rings. The van der Waals surface area contributed by atoms with E-state index in [-0.39, 0.29) is 11.9 Å². The molecule has 0 saturated heterocycles. The number of aliphatic hydroxyl groups is 1. The number of hydrogen-bond donors (Lipinski definition) is 2. The number of rotatable bonds is 9. The lowest BCUT2D eigenvalue weighted by Crippen LogP contribution is -2.25. The first-order valence-electron chi connectivity index (χ1n) is 6.81. The van der Waals surface area contributed by atoms with E-state index in [1.54, 1.807) is 18.9 Å². The summed E-state index contributed by atoms with van der Waals surface area (Å²) in [6.07, 6.45) is 1.12. The van der Waals surface area contributed by atoms with E-state index in [4.69, 9.17) is 9.84 Å². The predicted octanol–water partition coefficient (Wildman–Crippen LogP) is 2.85. The number of hydrogen-bond acceptors (Lipinski definition) is 4. The Hall–Kier alpha value is -0.710. The third-order valence-corrected chi connectivity index (χ3v) is 4.21. The van der Waals surface area contributed by atoms with Gasteiger partial charge in [0.2, 0.25) is 0 Å². The summed E-state index contributed by atoms with van der Waals surface area (Å²) < 4.78 is 5.19. The Morgan fingerprint density at radius 3 is 2.53 bits per heavy atom. The first-order valence-corrected chi connectivity index (χ1v) is 7.85. The number of methoxy groups -OCH3 is 1. The molecule has 1 aromatic carbocycles. The Balaban J connectivity index is 2.65. The van der Waals surface area contributed by atoms with Crippen LogP contribution < -0.4 is 10.1 Å². The lowest BCUT2D eigenvalue weighted by atomic mass is 10.1. The Morgan fingerprint density at radius 1 is 1.32 bits per heavy atom. The Bertz CT molecular complexity index is 343. The van der Waals surface area contributed by atoms with Crippen molar-refractivity contribution in [2.45, 2.75) is 31.6 Å². The van der Waals surface area contributed by atoms with Gasteiger partial charge in [0.25, 0.3) is 0 Å². The molecule has 0 amide bonds. The van der Waals surface area contributed by atoms with Gasteiger partial charge in [-0.15, -0.1) is 0 Å². The van der Waals surface area contributed by atoms with Crippen molar-refractivity contribution in [1.29, 1.82) is 0 Å². The molecule has 4 heteroatoms. The van der Waals surface area contributed by atoms with Crippen LogP contribution in [0.1, 0.15) is 31.9 Å². The summed E-state index contributed by atoms with van der Waals surface area (Å²) in [4.78, 5) is 0. The van der Waals surface area contributed by atoms with Crippen LogP contribution in [0.4, 0.5) is 0 Å². The number of ether oxygens (including phenoxy) is 1. The maximum absolute atomic E-state index is 9.10. The molecule has 1 rings (SSSR count). The fourth-order valence-electron chi connectivity index (χ4n) is 1.74. The highest BCUT2D eigenvalue weighted by atomic mass is 32.2. The SMILES string of the molecule is CCCNC(CSC(C)CO)c1ccc(OC)cc1. The predicted molar refractivity (Wildman–Crippen MR) is 83.0 cm³/mol. The van der Waals surface area contributed by atoms with Crippen LogP contribution in [0.2, 0.25) is 0 Å². The molecule has 108 valence electrons. The van der Waals surface area contributed by atoms with Crippen LogP contribution in [0.3, 0.4) is 0 Å². The van der Waals surface area contributed by atoms with Crippen LogP contribution in [0.15, 0.2) is 24.3 Å².